The fraction of sp³-hybridized carbons (Fsp3) is 0.358. The standard InChI is InChI=1S/C53H55N3O12/c1-54-22-29-14-16-40-38(19-29)39(23-55-40)42-17-15-36-43(64-2)21-33-20-37(31-9-3-4-10-31)46(41(59)25-56-24-32-11-5-6-13-35(32)51(56)62)48(61)45(33)49(36)68-52-53(63,28-57)50(47(60)44(67-52)27-65-42)66-26-30-8-7-12-34(58)18-30/h5-8,11-21,23,31,42,44,47,50,52,54-55,57-58,60-61,63H,3-4,9-10,22,24-28H2,1-2H3/b17-15+/t42-,44-,47-,50+,52-,53-/m1/s1. The van der Waals surface area contributed by atoms with Crippen LogP contribution in [0.15, 0.2) is 91.1 Å². The van der Waals surface area contributed by atoms with Crippen LogP contribution in [0.5, 0.6) is 23.0 Å². The molecule has 6 aromatic rings. The van der Waals surface area contributed by atoms with Crippen LogP contribution in [0.25, 0.3) is 27.8 Å². The summed E-state index contributed by atoms with van der Waals surface area (Å²) in [5.74, 6) is -0.944. The van der Waals surface area contributed by atoms with E-state index >= 15 is 0 Å². The van der Waals surface area contributed by atoms with E-state index in [1.807, 2.05) is 43.6 Å². The molecular formula is C53H55N3O12. The fourth-order valence-corrected chi connectivity index (χ4v) is 10.5. The lowest BCUT2D eigenvalue weighted by Gasteiger charge is -2.48. The predicted octanol–water partition coefficient (Wildman–Crippen LogP) is 6.51. The maximum atomic E-state index is 14.8. The highest BCUT2D eigenvalue weighted by atomic mass is 16.7. The van der Waals surface area contributed by atoms with Crippen molar-refractivity contribution in [1.29, 1.82) is 0 Å². The molecule has 2 fully saturated rings. The average molecular weight is 926 g/mol. The van der Waals surface area contributed by atoms with Crippen molar-refractivity contribution in [2.45, 2.75) is 87.6 Å². The van der Waals surface area contributed by atoms with Gasteiger partial charge in [-0.1, -0.05) is 55.3 Å². The van der Waals surface area contributed by atoms with Crippen molar-refractivity contribution in [3.8, 4) is 23.0 Å². The van der Waals surface area contributed by atoms with E-state index in [-0.39, 0.29) is 71.9 Å². The third-order valence-electron chi connectivity index (χ3n) is 14.0. The van der Waals surface area contributed by atoms with Gasteiger partial charge in [0.15, 0.2) is 11.4 Å². The lowest BCUT2D eigenvalue weighted by Crippen LogP contribution is -2.70. The Morgan fingerprint density at radius 2 is 1.82 bits per heavy atom. The van der Waals surface area contributed by atoms with Crippen LogP contribution in [0.4, 0.5) is 0 Å². The van der Waals surface area contributed by atoms with Crippen LogP contribution in [0.2, 0.25) is 0 Å². The van der Waals surface area contributed by atoms with E-state index in [0.29, 0.717) is 34.4 Å². The molecule has 354 valence electrons. The lowest BCUT2D eigenvalue weighted by atomic mass is 9.86. The van der Waals surface area contributed by atoms with Gasteiger partial charge in [-0.25, -0.2) is 0 Å². The third kappa shape index (κ3) is 8.17. The van der Waals surface area contributed by atoms with Gasteiger partial charge in [-0.3, -0.25) is 9.59 Å². The highest BCUT2D eigenvalue weighted by Gasteiger charge is 2.58. The number of aromatic amines is 1. The number of phenolic OH excluding ortho intramolecular Hbond substituents is 2. The maximum absolute atomic E-state index is 14.8. The zero-order chi connectivity index (χ0) is 47.3. The molecule has 0 unspecified atom stereocenters. The minimum Gasteiger partial charge on any atom is -0.508 e. The van der Waals surface area contributed by atoms with Crippen LogP contribution in [0, 0.1) is 0 Å². The number of H-pyrrole nitrogens is 1. The molecule has 0 radical (unpaired) electrons. The monoisotopic (exact) mass is 925 g/mol. The number of aliphatic hydroxyl groups excluding tert-OH is 2. The first-order valence-electron chi connectivity index (χ1n) is 23.1. The van der Waals surface area contributed by atoms with Crippen LogP contribution in [0.1, 0.15) is 91.8 Å². The topological polar surface area (TPSA) is 212 Å². The second-order valence-corrected chi connectivity index (χ2v) is 18.3. The van der Waals surface area contributed by atoms with Gasteiger partial charge in [-0.05, 0) is 102 Å². The predicted molar refractivity (Wildman–Crippen MR) is 252 cm³/mol. The molecule has 1 aliphatic carbocycles. The number of aromatic nitrogens is 1. The number of carbonyl (C=O) groups excluding carboxylic acids is 2. The summed E-state index contributed by atoms with van der Waals surface area (Å²) in [7, 11) is 3.37. The van der Waals surface area contributed by atoms with Gasteiger partial charge in [-0.2, -0.15) is 0 Å². The number of methoxy groups -OCH3 is 1. The molecule has 10 rings (SSSR count). The summed E-state index contributed by atoms with van der Waals surface area (Å²) in [4.78, 5) is 33.3. The van der Waals surface area contributed by atoms with Crippen LogP contribution in [-0.4, -0.2) is 111 Å². The minimum absolute atomic E-state index is 0.0147. The Balaban J connectivity index is 1.15. The molecule has 1 saturated carbocycles. The molecule has 2 bridgehead atoms. The summed E-state index contributed by atoms with van der Waals surface area (Å²) < 4.78 is 32.3. The summed E-state index contributed by atoms with van der Waals surface area (Å²) in [6.07, 6.45) is 1.88. The number of benzene rings is 5. The number of hydrogen-bond acceptors (Lipinski definition) is 13. The van der Waals surface area contributed by atoms with Gasteiger partial charge in [0.1, 0.15) is 47.4 Å². The highest BCUT2D eigenvalue weighted by molar-refractivity contribution is 6.11. The quantitative estimate of drug-likeness (QED) is 0.0653. The molecule has 15 nitrogen and oxygen atoms in total. The second-order valence-electron chi connectivity index (χ2n) is 18.3. The van der Waals surface area contributed by atoms with Gasteiger partial charge in [0.05, 0.1) is 50.0 Å². The van der Waals surface area contributed by atoms with Crippen molar-refractivity contribution in [1.82, 2.24) is 15.2 Å². The average Bonchev–Trinajstić information content (AvgIpc) is 4.10. The van der Waals surface area contributed by atoms with E-state index in [9.17, 15) is 35.1 Å². The van der Waals surface area contributed by atoms with E-state index in [1.54, 1.807) is 42.5 Å². The van der Waals surface area contributed by atoms with Crippen LogP contribution in [0.3, 0.4) is 0 Å². The molecule has 1 aromatic heterocycles. The largest absolute Gasteiger partial charge is 0.508 e. The van der Waals surface area contributed by atoms with Gasteiger partial charge in [0.25, 0.3) is 5.91 Å². The Kier molecular flexibility index (Phi) is 12.5. The number of nitrogens with one attached hydrogen (secondary N) is 2. The number of aromatic hydroxyl groups is 2. The van der Waals surface area contributed by atoms with Crippen molar-refractivity contribution >= 4 is 39.4 Å². The normalized spacial score (nSPS) is 24.4. The molecule has 3 aliphatic heterocycles. The van der Waals surface area contributed by atoms with Gasteiger partial charge < -0.3 is 64.4 Å². The number of phenols is 2. The second kappa shape index (κ2) is 18.7. The highest BCUT2D eigenvalue weighted by Crippen LogP contribution is 2.50. The van der Waals surface area contributed by atoms with E-state index < -0.39 is 48.7 Å². The first-order chi connectivity index (χ1) is 33.0. The summed E-state index contributed by atoms with van der Waals surface area (Å²) in [5.41, 5.74) is 3.04. The Morgan fingerprint density at radius 3 is 2.59 bits per heavy atom. The Bertz CT molecular complexity index is 2930. The molecule has 1 saturated heterocycles. The van der Waals surface area contributed by atoms with Gasteiger partial charge in [-0.15, -0.1) is 0 Å². The van der Waals surface area contributed by atoms with E-state index in [1.165, 1.54) is 24.1 Å². The molecule has 4 aliphatic rings. The minimum atomic E-state index is -2.46. The summed E-state index contributed by atoms with van der Waals surface area (Å²) in [6, 6.07) is 23.3. The van der Waals surface area contributed by atoms with E-state index in [2.05, 4.69) is 16.4 Å². The molecule has 6 atom stereocenters. The third-order valence-corrected chi connectivity index (χ3v) is 14.0. The number of aliphatic hydroxyl groups is 3. The number of ketones is 1. The summed E-state index contributed by atoms with van der Waals surface area (Å²) in [5, 5.41) is 63.5. The first-order valence-corrected chi connectivity index (χ1v) is 23.1. The van der Waals surface area contributed by atoms with E-state index in [4.69, 9.17) is 23.7 Å². The number of hydrogen-bond donors (Lipinski definition) is 7. The number of nitrogens with zero attached hydrogens (tertiary/aromatic N) is 1. The fourth-order valence-electron chi connectivity index (χ4n) is 10.5. The number of fused-ring (bicyclic) bond motifs is 7. The molecule has 15 heteroatoms. The van der Waals surface area contributed by atoms with Crippen molar-refractivity contribution < 1.29 is 58.8 Å². The molecule has 5 aromatic carbocycles. The smallest absolute Gasteiger partial charge is 0.254 e. The molecular weight excluding hydrogens is 871 g/mol. The zero-order valence-electron chi connectivity index (χ0n) is 37.8. The Hall–Kier alpha value is -6.30. The lowest BCUT2D eigenvalue weighted by molar-refractivity contribution is -0.338. The number of amides is 1. The van der Waals surface area contributed by atoms with Crippen molar-refractivity contribution in [2.75, 3.05) is 33.9 Å². The Labute approximate surface area is 392 Å². The number of carbonyl (C=O) groups is 2. The summed E-state index contributed by atoms with van der Waals surface area (Å²) >= 11 is 0. The zero-order valence-corrected chi connectivity index (χ0v) is 37.8. The van der Waals surface area contributed by atoms with Crippen molar-refractivity contribution in [3.63, 3.8) is 0 Å². The van der Waals surface area contributed by atoms with E-state index in [0.717, 1.165) is 53.3 Å². The van der Waals surface area contributed by atoms with Crippen LogP contribution in [-0.2, 0) is 33.9 Å². The number of rotatable bonds is 12. The van der Waals surface area contributed by atoms with Gasteiger partial charge in [0.2, 0.25) is 6.29 Å². The van der Waals surface area contributed by atoms with Crippen molar-refractivity contribution in [3.05, 3.63) is 136 Å². The molecule has 0 spiro atoms. The van der Waals surface area contributed by atoms with Crippen LogP contribution < -0.4 is 14.8 Å². The molecule has 68 heavy (non-hydrogen) atoms. The number of ether oxygens (including phenoxy) is 5. The SMILES string of the molecule is CNCc1ccc2[nH]cc([C@H]3/C=C/c4c(OC)cc5cc(C6CCCC6)c(C(=O)CN6Cc7ccccc7C6=O)c(O)c5c4O[C@H]4O[C@H](CO3)[C@@H](O)[C@H](OCc3cccc(O)c3)[C@]4(O)CO)c2c1. The molecule has 1 amide bonds. The van der Waals surface area contributed by atoms with Crippen LogP contribution >= 0.6 is 0 Å². The van der Waals surface area contributed by atoms with Gasteiger partial charge in [0, 0.05) is 41.3 Å². The Morgan fingerprint density at radius 1 is 1.00 bits per heavy atom. The molecule has 7 N–H and O–H groups in total. The van der Waals surface area contributed by atoms with Gasteiger partial charge >= 0.3 is 0 Å². The molecule has 4 heterocycles. The first kappa shape index (κ1) is 45.5. The summed E-state index contributed by atoms with van der Waals surface area (Å²) in [6.45, 7) is -0.878. The van der Waals surface area contributed by atoms with Crippen molar-refractivity contribution in [2.24, 2.45) is 0 Å². The number of Topliss-reactive ketones (excluding diaryl/α,β-unsaturated/α-hetero) is 1. The maximum Gasteiger partial charge on any atom is 0.254 e.